The maximum absolute atomic E-state index is 2.85. The van der Waals surface area contributed by atoms with Crippen LogP contribution in [0.25, 0.3) is 44.5 Å². The first-order valence-electron chi connectivity index (χ1n) is 26.3. The van der Waals surface area contributed by atoms with Gasteiger partial charge in [-0.1, -0.05) is 146 Å². The van der Waals surface area contributed by atoms with Gasteiger partial charge in [0.1, 0.15) is 0 Å². The molecule has 18 rings (SSSR count). The number of nitrogens with zero attached hydrogens (tertiary/aromatic N) is 1. The summed E-state index contributed by atoms with van der Waals surface area (Å²) < 4.78 is 0. The zero-order chi connectivity index (χ0) is 44.2. The lowest BCUT2D eigenvalue weighted by Crippen LogP contribution is -2.27. The molecule has 0 aromatic heterocycles. The number of benzene rings is 8. The summed E-state index contributed by atoms with van der Waals surface area (Å²) in [5.74, 6) is 6.35. The van der Waals surface area contributed by atoms with Gasteiger partial charge in [0.15, 0.2) is 0 Å². The van der Waals surface area contributed by atoms with Crippen LogP contribution in [-0.2, 0) is 5.41 Å². The van der Waals surface area contributed by atoms with Crippen molar-refractivity contribution in [1.82, 2.24) is 0 Å². The summed E-state index contributed by atoms with van der Waals surface area (Å²) >= 11 is 0. The fraction of sp³-hybridized carbons (Fsp3) is 0.284. The molecule has 1 nitrogen and oxygen atoms in total. The summed E-state index contributed by atoms with van der Waals surface area (Å²) in [6.07, 6.45) is 14.1. The van der Waals surface area contributed by atoms with E-state index in [1.807, 2.05) is 0 Å². The lowest BCUT2D eigenvalue weighted by Gasteiger charge is -2.38. The first-order chi connectivity index (χ1) is 33.6. The van der Waals surface area contributed by atoms with Crippen molar-refractivity contribution >= 4 is 17.1 Å². The van der Waals surface area contributed by atoms with Gasteiger partial charge in [-0.15, -0.1) is 0 Å². The third-order valence-electron chi connectivity index (χ3n) is 19.3. The molecule has 0 N–H and O–H groups in total. The number of para-hydroxylation sites is 1. The Morgan fingerprint density at radius 1 is 0.294 bits per heavy atom. The maximum atomic E-state index is 2.85. The minimum Gasteiger partial charge on any atom is -0.310 e. The lowest BCUT2D eigenvalue weighted by molar-refractivity contribution is 0.165. The molecular weight excluding hydrogens is 819 g/mol. The Morgan fingerprint density at radius 3 is 1.29 bits per heavy atom. The Kier molecular flexibility index (Phi) is 8.10. The second-order valence-corrected chi connectivity index (χ2v) is 22.8. The summed E-state index contributed by atoms with van der Waals surface area (Å²) in [5.41, 5.74) is 26.9. The Morgan fingerprint density at radius 2 is 0.721 bits per heavy atom. The molecule has 330 valence electrons. The molecule has 0 saturated heterocycles. The highest BCUT2D eigenvalue weighted by Crippen LogP contribution is 2.68. The van der Waals surface area contributed by atoms with Crippen LogP contribution in [-0.4, -0.2) is 0 Å². The molecule has 8 aromatic rings. The summed E-state index contributed by atoms with van der Waals surface area (Å²) in [6.45, 7) is 0. The van der Waals surface area contributed by atoms with E-state index in [0.717, 1.165) is 29.4 Å². The molecule has 10 aliphatic carbocycles. The van der Waals surface area contributed by atoms with Crippen LogP contribution in [0.5, 0.6) is 0 Å². The molecular formula is C67H57N. The molecule has 0 amide bonds. The van der Waals surface area contributed by atoms with E-state index < -0.39 is 5.41 Å². The van der Waals surface area contributed by atoms with Crippen molar-refractivity contribution in [1.29, 1.82) is 0 Å². The second-order valence-electron chi connectivity index (χ2n) is 22.8. The van der Waals surface area contributed by atoms with Crippen LogP contribution in [0.2, 0.25) is 0 Å². The molecule has 4 unspecified atom stereocenters. The molecule has 1 spiro atoms. The largest absolute Gasteiger partial charge is 0.310 e. The van der Waals surface area contributed by atoms with Crippen molar-refractivity contribution in [3.05, 3.63) is 220 Å². The number of hydrogen-bond acceptors (Lipinski definition) is 1. The van der Waals surface area contributed by atoms with Gasteiger partial charge in [0, 0.05) is 16.9 Å². The van der Waals surface area contributed by atoms with E-state index in [0.29, 0.717) is 23.7 Å². The van der Waals surface area contributed by atoms with Crippen molar-refractivity contribution < 1.29 is 0 Å². The van der Waals surface area contributed by atoms with Crippen LogP contribution >= 0.6 is 0 Å². The summed E-state index contributed by atoms with van der Waals surface area (Å²) in [5, 5.41) is 0. The van der Waals surface area contributed by atoms with E-state index in [1.54, 1.807) is 44.5 Å². The predicted molar refractivity (Wildman–Crippen MR) is 279 cm³/mol. The number of rotatable bonds is 5. The summed E-state index contributed by atoms with van der Waals surface area (Å²) in [6, 6.07) is 68.7. The van der Waals surface area contributed by atoms with Crippen molar-refractivity contribution in [2.45, 2.75) is 93.3 Å². The molecule has 8 bridgehead atoms. The first kappa shape index (κ1) is 38.5. The normalized spacial score (nSPS) is 27.8. The van der Waals surface area contributed by atoms with Gasteiger partial charge in [0.25, 0.3) is 0 Å². The van der Waals surface area contributed by atoms with Crippen LogP contribution in [0.4, 0.5) is 17.1 Å². The average molecular weight is 876 g/mol. The van der Waals surface area contributed by atoms with Gasteiger partial charge in [-0.3, -0.25) is 0 Å². The van der Waals surface area contributed by atoms with E-state index in [2.05, 4.69) is 181 Å². The highest BCUT2D eigenvalue weighted by molar-refractivity contribution is 5.98. The second kappa shape index (κ2) is 14.3. The molecule has 4 atom stereocenters. The first-order valence-corrected chi connectivity index (χ1v) is 26.3. The van der Waals surface area contributed by atoms with Gasteiger partial charge in [-0.2, -0.15) is 0 Å². The van der Waals surface area contributed by atoms with Crippen LogP contribution in [0.15, 0.2) is 176 Å². The average Bonchev–Trinajstić information content (AvgIpc) is 3.68. The fourth-order valence-electron chi connectivity index (χ4n) is 17.0. The van der Waals surface area contributed by atoms with Gasteiger partial charge in [0.05, 0.1) is 11.1 Å². The minimum absolute atomic E-state index is 0.412. The van der Waals surface area contributed by atoms with Gasteiger partial charge >= 0.3 is 0 Å². The fourth-order valence-corrected chi connectivity index (χ4v) is 17.0. The van der Waals surface area contributed by atoms with Crippen LogP contribution in [0.3, 0.4) is 0 Å². The number of anilines is 3. The smallest absolute Gasteiger partial charge is 0.0726 e. The molecule has 1 heteroatoms. The van der Waals surface area contributed by atoms with Crippen molar-refractivity contribution in [3.63, 3.8) is 0 Å². The Labute approximate surface area is 401 Å². The molecule has 0 heterocycles. The molecule has 68 heavy (non-hydrogen) atoms. The van der Waals surface area contributed by atoms with Crippen LogP contribution in [0.1, 0.15) is 132 Å². The van der Waals surface area contributed by atoms with Crippen molar-refractivity contribution in [2.75, 3.05) is 4.90 Å². The summed E-state index contributed by atoms with van der Waals surface area (Å²) in [4.78, 5) is 2.56. The molecule has 4 fully saturated rings. The monoisotopic (exact) mass is 875 g/mol. The van der Waals surface area contributed by atoms with Crippen LogP contribution < -0.4 is 4.90 Å². The van der Waals surface area contributed by atoms with Gasteiger partial charge in [-0.05, 0) is 225 Å². The Balaban J connectivity index is 0.966. The van der Waals surface area contributed by atoms with Gasteiger partial charge in [-0.25, -0.2) is 0 Å². The Hall–Kier alpha value is -6.44. The number of fused-ring (bicyclic) bond motifs is 10. The maximum Gasteiger partial charge on any atom is 0.0726 e. The van der Waals surface area contributed by atoms with E-state index in [1.165, 1.54) is 120 Å². The minimum atomic E-state index is -0.412. The number of hydrogen-bond donors (Lipinski definition) is 0. The molecule has 10 aliphatic rings. The van der Waals surface area contributed by atoms with Crippen molar-refractivity contribution in [2.24, 2.45) is 23.7 Å². The topological polar surface area (TPSA) is 3.24 Å². The van der Waals surface area contributed by atoms with Crippen molar-refractivity contribution in [3.8, 4) is 44.5 Å². The van der Waals surface area contributed by atoms with E-state index in [4.69, 9.17) is 0 Å². The lowest BCUT2D eigenvalue weighted by atomic mass is 9.66. The summed E-state index contributed by atoms with van der Waals surface area (Å²) in [7, 11) is 0. The molecule has 4 saturated carbocycles. The van der Waals surface area contributed by atoms with E-state index in [9.17, 15) is 0 Å². The third-order valence-corrected chi connectivity index (χ3v) is 19.3. The zero-order valence-electron chi connectivity index (χ0n) is 38.9. The van der Waals surface area contributed by atoms with E-state index >= 15 is 0 Å². The predicted octanol–water partition coefficient (Wildman–Crippen LogP) is 17.6. The van der Waals surface area contributed by atoms with E-state index in [-0.39, 0.29) is 0 Å². The molecule has 0 radical (unpaired) electrons. The third kappa shape index (κ3) is 5.40. The quantitative estimate of drug-likeness (QED) is 0.167. The highest BCUT2D eigenvalue weighted by atomic mass is 15.1. The van der Waals surface area contributed by atoms with Gasteiger partial charge in [0.2, 0.25) is 0 Å². The van der Waals surface area contributed by atoms with Crippen LogP contribution in [0, 0.1) is 23.7 Å². The van der Waals surface area contributed by atoms with Gasteiger partial charge < -0.3 is 4.90 Å². The Bertz CT molecular complexity index is 3240. The molecule has 0 aliphatic heterocycles. The highest BCUT2D eigenvalue weighted by Gasteiger charge is 2.55. The standard InChI is InChI=1S/C67H57N/c1-3-11-44(12-4-1)45-19-21-51(22-20-45)68(66-18-10-8-15-53(66)46-13-5-2-6-14-46)52-23-24-55-54-16-7-9-17-62(54)67(63(55)35-52)64-38-58-49-31-40-25-41(32-49)28-47(27-40)56(58)36-60(64)61-37-57-48-29-42-26-43(30-48)34-50(33-42)59(57)39-65(61)67/h1-24,35-43,47-50H,25-34H2. The SMILES string of the molecule is c1ccc(-c2ccc(N(c3ccc4c(c3)C3(c5ccccc5-4)c4cc5c(cc4-c4cc6c(cc43)C3CC4CC(CC6C4)C3)C3CC4CC(C3)CC5C4)c3ccccc3-c3ccccc3)cc2)cc1. The molecule has 8 aromatic carbocycles. The zero-order valence-corrected chi connectivity index (χ0v) is 38.9.